The lowest BCUT2D eigenvalue weighted by Gasteiger charge is -2.05. The Labute approximate surface area is 86.6 Å². The van der Waals surface area contributed by atoms with Crippen molar-refractivity contribution in [1.82, 2.24) is 25.2 Å². The summed E-state index contributed by atoms with van der Waals surface area (Å²) in [5, 5.41) is 21.3. The summed E-state index contributed by atoms with van der Waals surface area (Å²) in [5.41, 5.74) is 0.616. The fraction of sp³-hybridized carbons (Fsp3) is 0.333. The van der Waals surface area contributed by atoms with Gasteiger partial charge in [-0.25, -0.2) is 0 Å². The number of aromatic nitrogens is 5. The van der Waals surface area contributed by atoms with Crippen molar-refractivity contribution in [3.63, 3.8) is 0 Å². The third-order valence-corrected chi connectivity index (χ3v) is 1.95. The van der Waals surface area contributed by atoms with Gasteiger partial charge >= 0.3 is 0 Å². The highest BCUT2D eigenvalue weighted by Crippen LogP contribution is 2.12. The van der Waals surface area contributed by atoms with E-state index >= 15 is 0 Å². The highest BCUT2D eigenvalue weighted by molar-refractivity contribution is 5.07. The molecule has 6 heteroatoms. The standard InChI is InChI=1S/C9H11N5O/c1-14-12-9(11-13-14)6-8(15)7-4-2-3-5-10-7/h2-5,8,15H,6H2,1H3. The molecule has 15 heavy (non-hydrogen) atoms. The van der Waals surface area contributed by atoms with Gasteiger partial charge in [0.15, 0.2) is 5.82 Å². The summed E-state index contributed by atoms with van der Waals surface area (Å²) in [6.07, 6.45) is 1.28. The molecule has 0 saturated heterocycles. The maximum absolute atomic E-state index is 9.80. The fourth-order valence-electron chi connectivity index (χ4n) is 1.26. The molecule has 2 rings (SSSR count). The molecule has 0 aliphatic carbocycles. The summed E-state index contributed by atoms with van der Waals surface area (Å²) in [7, 11) is 1.68. The molecule has 2 aromatic heterocycles. The summed E-state index contributed by atoms with van der Waals surface area (Å²) >= 11 is 0. The normalized spacial score (nSPS) is 12.7. The lowest BCUT2D eigenvalue weighted by Crippen LogP contribution is -2.05. The Hall–Kier alpha value is -1.82. The first kappa shape index (κ1) is 9.72. The maximum atomic E-state index is 9.80. The summed E-state index contributed by atoms with van der Waals surface area (Å²) in [6, 6.07) is 5.40. The van der Waals surface area contributed by atoms with Gasteiger partial charge in [-0.15, -0.1) is 10.2 Å². The van der Waals surface area contributed by atoms with Crippen LogP contribution in [0.1, 0.15) is 17.6 Å². The van der Waals surface area contributed by atoms with Gasteiger partial charge in [-0.3, -0.25) is 4.98 Å². The lowest BCUT2D eigenvalue weighted by atomic mass is 10.1. The molecule has 1 N–H and O–H groups in total. The van der Waals surface area contributed by atoms with Crippen LogP contribution in [-0.4, -0.2) is 30.3 Å². The van der Waals surface area contributed by atoms with Crippen molar-refractivity contribution in [2.24, 2.45) is 7.05 Å². The van der Waals surface area contributed by atoms with Gasteiger partial charge in [-0.05, 0) is 17.3 Å². The Morgan fingerprint density at radius 3 is 2.93 bits per heavy atom. The minimum Gasteiger partial charge on any atom is -0.386 e. The number of hydrogen-bond donors (Lipinski definition) is 1. The van der Waals surface area contributed by atoms with Crippen LogP contribution in [0.5, 0.6) is 0 Å². The molecule has 0 amide bonds. The predicted octanol–water partition coefficient (Wildman–Crippen LogP) is -0.119. The van der Waals surface area contributed by atoms with Crippen molar-refractivity contribution in [3.8, 4) is 0 Å². The van der Waals surface area contributed by atoms with Crippen LogP contribution in [-0.2, 0) is 13.5 Å². The largest absolute Gasteiger partial charge is 0.386 e. The van der Waals surface area contributed by atoms with Gasteiger partial charge in [0, 0.05) is 12.6 Å². The number of rotatable bonds is 3. The van der Waals surface area contributed by atoms with Gasteiger partial charge in [0.05, 0.1) is 12.7 Å². The number of tetrazole rings is 1. The molecule has 0 saturated carbocycles. The minimum atomic E-state index is -0.685. The highest BCUT2D eigenvalue weighted by atomic mass is 16.3. The number of nitrogens with zero attached hydrogens (tertiary/aromatic N) is 5. The number of aliphatic hydroxyl groups is 1. The summed E-state index contributed by atoms with van der Waals surface area (Å²) in [5.74, 6) is 0.510. The zero-order valence-corrected chi connectivity index (χ0v) is 8.28. The van der Waals surface area contributed by atoms with Crippen LogP contribution in [0, 0.1) is 0 Å². The molecule has 2 heterocycles. The third-order valence-electron chi connectivity index (χ3n) is 1.95. The van der Waals surface area contributed by atoms with Crippen LogP contribution in [0.25, 0.3) is 0 Å². The van der Waals surface area contributed by atoms with Crippen molar-refractivity contribution in [3.05, 3.63) is 35.9 Å². The molecule has 0 aromatic carbocycles. The van der Waals surface area contributed by atoms with Crippen LogP contribution in [0.4, 0.5) is 0 Å². The van der Waals surface area contributed by atoms with Crippen molar-refractivity contribution >= 4 is 0 Å². The minimum absolute atomic E-state index is 0.324. The Morgan fingerprint density at radius 1 is 1.47 bits per heavy atom. The highest BCUT2D eigenvalue weighted by Gasteiger charge is 2.12. The third kappa shape index (κ3) is 2.35. The SMILES string of the molecule is Cn1nnc(CC(O)c2ccccn2)n1. The van der Waals surface area contributed by atoms with Gasteiger partial charge < -0.3 is 5.11 Å². The molecular formula is C9H11N5O. The van der Waals surface area contributed by atoms with E-state index < -0.39 is 6.10 Å². The second-order valence-corrected chi connectivity index (χ2v) is 3.17. The topological polar surface area (TPSA) is 76.7 Å². The number of hydrogen-bond acceptors (Lipinski definition) is 5. The summed E-state index contributed by atoms with van der Waals surface area (Å²) in [6.45, 7) is 0. The fourth-order valence-corrected chi connectivity index (χ4v) is 1.26. The second kappa shape index (κ2) is 4.14. The Bertz CT molecular complexity index is 427. The first-order valence-electron chi connectivity index (χ1n) is 4.57. The van der Waals surface area contributed by atoms with Crippen LogP contribution in [0.3, 0.4) is 0 Å². The first-order valence-corrected chi connectivity index (χ1v) is 4.57. The molecule has 1 atom stereocenters. The number of aliphatic hydroxyl groups excluding tert-OH is 1. The van der Waals surface area contributed by atoms with Gasteiger partial charge in [-0.1, -0.05) is 6.07 Å². The quantitative estimate of drug-likeness (QED) is 0.756. The van der Waals surface area contributed by atoms with Crippen LogP contribution in [0.2, 0.25) is 0 Å². The second-order valence-electron chi connectivity index (χ2n) is 3.17. The van der Waals surface area contributed by atoms with E-state index in [1.807, 2.05) is 6.07 Å². The lowest BCUT2D eigenvalue weighted by molar-refractivity contribution is 0.171. The van der Waals surface area contributed by atoms with E-state index in [0.717, 1.165) is 0 Å². The predicted molar refractivity (Wildman–Crippen MR) is 51.7 cm³/mol. The van der Waals surface area contributed by atoms with E-state index in [1.165, 1.54) is 4.80 Å². The smallest absolute Gasteiger partial charge is 0.177 e. The molecule has 78 valence electrons. The van der Waals surface area contributed by atoms with E-state index in [9.17, 15) is 5.11 Å². The van der Waals surface area contributed by atoms with Gasteiger partial charge in [0.25, 0.3) is 0 Å². The van der Waals surface area contributed by atoms with E-state index in [2.05, 4.69) is 20.4 Å². The molecular weight excluding hydrogens is 194 g/mol. The Balaban J connectivity index is 2.07. The molecule has 0 aliphatic heterocycles. The molecule has 2 aromatic rings. The molecule has 0 fully saturated rings. The zero-order valence-electron chi connectivity index (χ0n) is 8.28. The van der Waals surface area contributed by atoms with E-state index in [0.29, 0.717) is 17.9 Å². The molecule has 0 spiro atoms. The van der Waals surface area contributed by atoms with Gasteiger partial charge in [0.1, 0.15) is 6.10 Å². The van der Waals surface area contributed by atoms with Crippen LogP contribution < -0.4 is 0 Å². The van der Waals surface area contributed by atoms with Crippen molar-refractivity contribution < 1.29 is 5.11 Å². The van der Waals surface area contributed by atoms with E-state index in [4.69, 9.17) is 0 Å². The zero-order chi connectivity index (χ0) is 10.7. The maximum Gasteiger partial charge on any atom is 0.177 e. The van der Waals surface area contributed by atoms with E-state index in [1.54, 1.807) is 25.4 Å². The first-order chi connectivity index (χ1) is 7.25. The molecule has 1 unspecified atom stereocenters. The van der Waals surface area contributed by atoms with Gasteiger partial charge in [0.2, 0.25) is 0 Å². The molecule has 0 aliphatic rings. The number of aryl methyl sites for hydroxylation is 1. The molecule has 6 nitrogen and oxygen atoms in total. The van der Waals surface area contributed by atoms with Crippen molar-refractivity contribution in [2.75, 3.05) is 0 Å². The summed E-state index contributed by atoms with van der Waals surface area (Å²) in [4.78, 5) is 5.41. The Kier molecular flexibility index (Phi) is 2.68. The Morgan fingerprint density at radius 2 is 2.33 bits per heavy atom. The monoisotopic (exact) mass is 205 g/mol. The summed E-state index contributed by atoms with van der Waals surface area (Å²) < 4.78 is 0. The van der Waals surface area contributed by atoms with Crippen LogP contribution >= 0.6 is 0 Å². The number of pyridine rings is 1. The average Bonchev–Trinajstić information content (AvgIpc) is 2.65. The average molecular weight is 205 g/mol. The molecule has 0 radical (unpaired) electrons. The molecule has 0 bridgehead atoms. The van der Waals surface area contributed by atoms with Crippen LogP contribution in [0.15, 0.2) is 24.4 Å². The van der Waals surface area contributed by atoms with Crippen molar-refractivity contribution in [1.29, 1.82) is 0 Å². The van der Waals surface area contributed by atoms with Gasteiger partial charge in [-0.2, -0.15) is 4.80 Å². The van der Waals surface area contributed by atoms with E-state index in [-0.39, 0.29) is 0 Å². The van der Waals surface area contributed by atoms with Crippen molar-refractivity contribution in [2.45, 2.75) is 12.5 Å².